The van der Waals surface area contributed by atoms with Crippen LogP contribution in [0.2, 0.25) is 16.6 Å². The van der Waals surface area contributed by atoms with Crippen molar-refractivity contribution in [2.75, 3.05) is 6.26 Å². The highest BCUT2D eigenvalue weighted by Crippen LogP contribution is 2.41. The highest BCUT2D eigenvalue weighted by molar-refractivity contribution is 7.98. The van der Waals surface area contributed by atoms with Gasteiger partial charge in [0, 0.05) is 23.5 Å². The Hall–Kier alpha value is -2.43. The number of aromatic nitrogens is 4. The zero-order valence-corrected chi connectivity index (χ0v) is 22.7. The van der Waals surface area contributed by atoms with Crippen molar-refractivity contribution < 1.29 is 0 Å². The summed E-state index contributed by atoms with van der Waals surface area (Å²) in [7, 11) is -1.96. The molecule has 0 N–H and O–H groups in total. The van der Waals surface area contributed by atoms with Crippen LogP contribution in [0.5, 0.6) is 0 Å². The number of thioether (sulfide) groups is 1. The van der Waals surface area contributed by atoms with E-state index in [1.54, 1.807) is 10.8 Å². The molecule has 0 aliphatic carbocycles. The maximum Gasteiger partial charge on any atom is 0.256 e. The first-order valence-corrected chi connectivity index (χ1v) is 15.0. The Morgan fingerprint density at radius 2 is 1.73 bits per heavy atom. The van der Waals surface area contributed by atoms with Crippen molar-refractivity contribution in [3.8, 4) is 11.5 Å². The fourth-order valence-electron chi connectivity index (χ4n) is 5.01. The van der Waals surface area contributed by atoms with Gasteiger partial charge in [-0.15, -0.1) is 5.54 Å². The summed E-state index contributed by atoms with van der Waals surface area (Å²) < 4.78 is 1.71. The second-order valence-electron chi connectivity index (χ2n) is 9.45. The van der Waals surface area contributed by atoms with E-state index in [2.05, 4.69) is 63.0 Å². The van der Waals surface area contributed by atoms with Crippen LogP contribution in [0.25, 0.3) is 11.0 Å². The summed E-state index contributed by atoms with van der Waals surface area (Å²) >= 11 is 1.46. The molecule has 3 heterocycles. The first-order chi connectivity index (χ1) is 15.6. The summed E-state index contributed by atoms with van der Waals surface area (Å²) in [5.41, 5.74) is 8.08. The third kappa shape index (κ3) is 4.78. The average molecular weight is 479 g/mol. The molecule has 0 bridgehead atoms. The van der Waals surface area contributed by atoms with Crippen LogP contribution >= 0.6 is 11.8 Å². The normalized spacial score (nSPS) is 12.0. The lowest BCUT2D eigenvalue weighted by Crippen LogP contribution is -2.43. The molecule has 0 radical (unpaired) electrons. The lowest BCUT2D eigenvalue weighted by Gasteiger charge is -2.38. The molecule has 3 aromatic heterocycles. The second kappa shape index (κ2) is 10.2. The monoisotopic (exact) mass is 478 g/mol. The minimum atomic E-state index is -1.96. The minimum Gasteiger partial charge on any atom is -0.286 e. The molecule has 0 aliphatic rings. The molecule has 5 nitrogen and oxygen atoms in total. The van der Waals surface area contributed by atoms with Gasteiger partial charge in [0.1, 0.15) is 13.7 Å². The SMILES string of the molecule is CSc1ncc2c(C#C[Si](C(C)C)(C(C)C)C(C)C)c(C)c(=O)n(Cc3ccccn3)c2n1. The van der Waals surface area contributed by atoms with Crippen LogP contribution in [-0.4, -0.2) is 33.8 Å². The first kappa shape index (κ1) is 25.2. The van der Waals surface area contributed by atoms with Crippen LogP contribution in [0.3, 0.4) is 0 Å². The minimum absolute atomic E-state index is 0.0749. The Labute approximate surface area is 202 Å². The fourth-order valence-corrected chi connectivity index (χ4v) is 10.6. The zero-order chi connectivity index (χ0) is 24.3. The molecule has 0 unspecified atom stereocenters. The molecule has 33 heavy (non-hydrogen) atoms. The van der Waals surface area contributed by atoms with E-state index >= 15 is 0 Å². The molecule has 0 amide bonds. The average Bonchev–Trinajstić information content (AvgIpc) is 2.78. The summed E-state index contributed by atoms with van der Waals surface area (Å²) in [5, 5.41) is 1.46. The largest absolute Gasteiger partial charge is 0.286 e. The number of pyridine rings is 2. The Balaban J connectivity index is 2.32. The van der Waals surface area contributed by atoms with E-state index in [9.17, 15) is 4.79 Å². The van der Waals surface area contributed by atoms with Gasteiger partial charge < -0.3 is 0 Å². The molecule has 0 fully saturated rings. The quantitative estimate of drug-likeness (QED) is 0.193. The predicted octanol–water partition coefficient (Wildman–Crippen LogP) is 5.83. The highest BCUT2D eigenvalue weighted by atomic mass is 32.2. The molecule has 0 aliphatic heterocycles. The summed E-state index contributed by atoms with van der Waals surface area (Å²) in [4.78, 5) is 27.2. The van der Waals surface area contributed by atoms with Crippen molar-refractivity contribution in [1.29, 1.82) is 0 Å². The van der Waals surface area contributed by atoms with Gasteiger partial charge in [0.25, 0.3) is 5.56 Å². The summed E-state index contributed by atoms with van der Waals surface area (Å²) in [6.45, 7) is 16.0. The van der Waals surface area contributed by atoms with Gasteiger partial charge in [0.05, 0.1) is 17.6 Å². The maximum absolute atomic E-state index is 13.5. The Bertz CT molecular complexity index is 1230. The number of hydrogen-bond acceptors (Lipinski definition) is 5. The maximum atomic E-state index is 13.5. The Morgan fingerprint density at radius 3 is 2.27 bits per heavy atom. The Kier molecular flexibility index (Phi) is 7.81. The molecule has 0 spiro atoms. The molecule has 3 aromatic rings. The third-order valence-corrected chi connectivity index (χ3v) is 13.6. The number of fused-ring (bicyclic) bond motifs is 1. The predicted molar refractivity (Wildman–Crippen MR) is 142 cm³/mol. The zero-order valence-electron chi connectivity index (χ0n) is 20.9. The van der Waals surface area contributed by atoms with Crippen molar-refractivity contribution in [3.05, 3.63) is 57.8 Å². The van der Waals surface area contributed by atoms with Gasteiger partial charge in [-0.3, -0.25) is 14.3 Å². The summed E-state index contributed by atoms with van der Waals surface area (Å²) in [5.74, 6) is 3.51. The number of rotatable bonds is 6. The van der Waals surface area contributed by atoms with Gasteiger partial charge in [0.15, 0.2) is 5.16 Å². The van der Waals surface area contributed by atoms with Gasteiger partial charge in [-0.1, -0.05) is 65.3 Å². The molecule has 0 saturated carbocycles. The van der Waals surface area contributed by atoms with Gasteiger partial charge >= 0.3 is 0 Å². The summed E-state index contributed by atoms with van der Waals surface area (Å²) in [6, 6.07) is 5.72. The number of hydrogen-bond donors (Lipinski definition) is 0. The molecular formula is C26H34N4OSSi. The molecular weight excluding hydrogens is 444 g/mol. The van der Waals surface area contributed by atoms with Crippen LogP contribution in [0.1, 0.15) is 58.4 Å². The lowest BCUT2D eigenvalue weighted by molar-refractivity contribution is 0.746. The smallest absolute Gasteiger partial charge is 0.256 e. The number of nitrogens with zero attached hydrogens (tertiary/aromatic N) is 4. The molecule has 0 atom stereocenters. The standard InChI is InChI=1S/C26H34N4OSSi/c1-17(2)33(18(3)4,19(5)6)14-12-22-20(7)25(31)30(16-21-11-9-10-13-27-21)24-23(22)15-28-26(29-24)32-8/h9-11,13,15,17-19H,16H2,1-8H3. The van der Waals surface area contributed by atoms with Gasteiger partial charge in [0.2, 0.25) is 0 Å². The molecule has 0 aromatic carbocycles. The molecule has 174 valence electrons. The van der Waals surface area contributed by atoms with Crippen LogP contribution in [0, 0.1) is 18.4 Å². The van der Waals surface area contributed by atoms with Crippen LogP contribution in [-0.2, 0) is 6.54 Å². The van der Waals surface area contributed by atoms with Crippen molar-refractivity contribution in [1.82, 2.24) is 19.5 Å². The van der Waals surface area contributed by atoms with E-state index in [1.165, 1.54) is 11.8 Å². The molecule has 3 rings (SSSR count). The van der Waals surface area contributed by atoms with Gasteiger partial charge in [-0.05, 0) is 41.9 Å². The van der Waals surface area contributed by atoms with Gasteiger partial charge in [-0.2, -0.15) is 0 Å². The van der Waals surface area contributed by atoms with E-state index in [0.29, 0.717) is 39.5 Å². The first-order valence-electron chi connectivity index (χ1n) is 11.5. The van der Waals surface area contributed by atoms with Crippen LogP contribution < -0.4 is 5.56 Å². The van der Waals surface area contributed by atoms with E-state index in [4.69, 9.17) is 4.98 Å². The van der Waals surface area contributed by atoms with E-state index < -0.39 is 8.07 Å². The van der Waals surface area contributed by atoms with E-state index in [1.807, 2.05) is 37.6 Å². The van der Waals surface area contributed by atoms with Crippen molar-refractivity contribution in [2.24, 2.45) is 0 Å². The van der Waals surface area contributed by atoms with Crippen LogP contribution in [0.15, 0.2) is 40.5 Å². The van der Waals surface area contributed by atoms with Crippen molar-refractivity contribution in [3.63, 3.8) is 0 Å². The third-order valence-electron chi connectivity index (χ3n) is 6.71. The van der Waals surface area contributed by atoms with Gasteiger partial charge in [-0.25, -0.2) is 9.97 Å². The van der Waals surface area contributed by atoms with Crippen molar-refractivity contribution in [2.45, 2.75) is 76.8 Å². The molecule has 7 heteroatoms. The van der Waals surface area contributed by atoms with Crippen LogP contribution in [0.4, 0.5) is 0 Å². The van der Waals surface area contributed by atoms with E-state index in [-0.39, 0.29) is 5.56 Å². The topological polar surface area (TPSA) is 60.7 Å². The second-order valence-corrected chi connectivity index (χ2v) is 15.8. The Morgan fingerprint density at radius 1 is 1.06 bits per heavy atom. The van der Waals surface area contributed by atoms with E-state index in [0.717, 1.165) is 16.6 Å². The lowest BCUT2D eigenvalue weighted by atomic mass is 10.1. The summed E-state index contributed by atoms with van der Waals surface area (Å²) in [6.07, 6.45) is 5.50. The van der Waals surface area contributed by atoms with Crippen molar-refractivity contribution >= 4 is 30.9 Å². The fraction of sp³-hybridized carbons (Fsp3) is 0.462. The molecule has 0 saturated heterocycles. The highest BCUT2D eigenvalue weighted by Gasteiger charge is 2.41.